The Balaban J connectivity index is 3.06. The van der Waals surface area contributed by atoms with E-state index in [1.54, 1.807) is 6.92 Å². The minimum atomic E-state index is -1.24. The summed E-state index contributed by atoms with van der Waals surface area (Å²) in [5.74, 6) is -3.38. The molecule has 94 valence electrons. The van der Waals surface area contributed by atoms with Crippen molar-refractivity contribution in [2.24, 2.45) is 0 Å². The first-order valence-electron chi connectivity index (χ1n) is 5.40. The Morgan fingerprint density at radius 1 is 1.47 bits per heavy atom. The molecule has 0 aliphatic carbocycles. The number of aliphatic carboxylic acids is 1. The quantitative estimate of drug-likeness (QED) is 0.835. The maximum atomic E-state index is 13.5. The second kappa shape index (κ2) is 5.72. The van der Waals surface area contributed by atoms with Crippen LogP contribution in [0.25, 0.3) is 0 Å². The van der Waals surface area contributed by atoms with Gasteiger partial charge >= 0.3 is 5.97 Å². The largest absolute Gasteiger partial charge is 0.480 e. The van der Waals surface area contributed by atoms with Gasteiger partial charge in [-0.1, -0.05) is 19.1 Å². The van der Waals surface area contributed by atoms with E-state index in [-0.39, 0.29) is 11.6 Å². The molecule has 0 radical (unpaired) electrons. The Kier molecular flexibility index (Phi) is 4.57. The van der Waals surface area contributed by atoms with Crippen molar-refractivity contribution in [3.63, 3.8) is 0 Å². The summed E-state index contributed by atoms with van der Waals surface area (Å²) >= 11 is 0. The van der Waals surface area contributed by atoms with Crippen LogP contribution in [0.5, 0.6) is 0 Å². The monoisotopic (exact) mass is 243 g/mol. The van der Waals surface area contributed by atoms with Crippen LogP contribution in [-0.4, -0.2) is 17.1 Å². The molecular weight excluding hydrogens is 228 g/mol. The summed E-state index contributed by atoms with van der Waals surface area (Å²) < 4.78 is 26.5. The Labute approximate surface area is 98.5 Å². The molecule has 3 nitrogen and oxygen atoms in total. The van der Waals surface area contributed by atoms with E-state index in [0.29, 0.717) is 6.42 Å². The van der Waals surface area contributed by atoms with E-state index in [1.165, 1.54) is 12.1 Å². The lowest BCUT2D eigenvalue weighted by molar-refractivity contribution is -0.140. The lowest BCUT2D eigenvalue weighted by atomic mass is 10.0. The number of carboxylic acids is 1. The SMILES string of the molecule is CCC(C)NC(C(=O)O)c1cccc(F)c1F. The molecule has 0 aromatic heterocycles. The maximum Gasteiger partial charge on any atom is 0.325 e. The second-order valence-electron chi connectivity index (χ2n) is 3.89. The topological polar surface area (TPSA) is 49.3 Å². The fourth-order valence-corrected chi connectivity index (χ4v) is 1.44. The fraction of sp³-hybridized carbons (Fsp3) is 0.417. The molecule has 5 heteroatoms. The molecule has 0 heterocycles. The second-order valence-corrected chi connectivity index (χ2v) is 3.89. The first kappa shape index (κ1) is 13.6. The number of halogens is 2. The molecule has 1 aromatic rings. The third-order valence-corrected chi connectivity index (χ3v) is 2.60. The molecule has 0 saturated heterocycles. The van der Waals surface area contributed by atoms with Crippen LogP contribution in [-0.2, 0) is 4.79 Å². The van der Waals surface area contributed by atoms with E-state index in [9.17, 15) is 13.6 Å². The summed E-state index contributed by atoms with van der Waals surface area (Å²) in [4.78, 5) is 11.1. The minimum Gasteiger partial charge on any atom is -0.480 e. The van der Waals surface area contributed by atoms with Gasteiger partial charge in [0.1, 0.15) is 6.04 Å². The van der Waals surface area contributed by atoms with Crippen molar-refractivity contribution < 1.29 is 18.7 Å². The third kappa shape index (κ3) is 3.23. The van der Waals surface area contributed by atoms with Gasteiger partial charge in [-0.15, -0.1) is 0 Å². The third-order valence-electron chi connectivity index (χ3n) is 2.60. The number of hydrogen-bond acceptors (Lipinski definition) is 2. The lowest BCUT2D eigenvalue weighted by Crippen LogP contribution is -2.35. The molecule has 0 saturated carbocycles. The van der Waals surface area contributed by atoms with Crippen LogP contribution < -0.4 is 5.32 Å². The molecule has 2 unspecified atom stereocenters. The number of nitrogens with one attached hydrogen (secondary N) is 1. The van der Waals surface area contributed by atoms with E-state index in [4.69, 9.17) is 5.11 Å². The van der Waals surface area contributed by atoms with E-state index in [1.807, 2.05) is 6.92 Å². The standard InChI is InChI=1S/C12H15F2NO2/c1-3-7(2)15-11(12(16)17)8-5-4-6-9(13)10(8)14/h4-7,11,15H,3H2,1-2H3,(H,16,17). The van der Waals surface area contributed by atoms with Crippen LogP contribution in [0.15, 0.2) is 18.2 Å². The van der Waals surface area contributed by atoms with Crippen LogP contribution in [0.3, 0.4) is 0 Å². The summed E-state index contributed by atoms with van der Waals surface area (Å²) in [6.07, 6.45) is 0.695. The van der Waals surface area contributed by atoms with Gasteiger partial charge in [-0.25, -0.2) is 8.78 Å². The zero-order valence-corrected chi connectivity index (χ0v) is 9.71. The molecule has 1 aromatic carbocycles. The first-order chi connectivity index (χ1) is 7.97. The number of hydrogen-bond donors (Lipinski definition) is 2. The highest BCUT2D eigenvalue weighted by Crippen LogP contribution is 2.20. The van der Waals surface area contributed by atoms with Crippen LogP contribution in [0.4, 0.5) is 8.78 Å². The zero-order chi connectivity index (χ0) is 13.0. The van der Waals surface area contributed by atoms with Gasteiger partial charge in [0, 0.05) is 11.6 Å². The Hall–Kier alpha value is -1.49. The molecule has 0 bridgehead atoms. The summed E-state index contributed by atoms with van der Waals surface area (Å²) in [5, 5.41) is 11.8. The molecule has 0 aliphatic rings. The highest BCUT2D eigenvalue weighted by Gasteiger charge is 2.25. The van der Waals surface area contributed by atoms with E-state index < -0.39 is 23.6 Å². The van der Waals surface area contributed by atoms with E-state index >= 15 is 0 Å². The number of carboxylic acid groups (broad SMARTS) is 1. The highest BCUT2D eigenvalue weighted by atomic mass is 19.2. The van der Waals surface area contributed by atoms with Gasteiger partial charge in [-0.3, -0.25) is 10.1 Å². The minimum absolute atomic E-state index is 0.0984. The van der Waals surface area contributed by atoms with Crippen molar-refractivity contribution in [3.8, 4) is 0 Å². The predicted octanol–water partition coefficient (Wildman–Crippen LogP) is 2.48. The molecule has 2 N–H and O–H groups in total. The molecule has 0 fully saturated rings. The van der Waals surface area contributed by atoms with Crippen LogP contribution in [0.2, 0.25) is 0 Å². The smallest absolute Gasteiger partial charge is 0.325 e. The van der Waals surface area contributed by atoms with Crippen molar-refractivity contribution in [2.75, 3.05) is 0 Å². The van der Waals surface area contributed by atoms with Crippen molar-refractivity contribution in [1.29, 1.82) is 0 Å². The maximum absolute atomic E-state index is 13.5. The summed E-state index contributed by atoms with van der Waals surface area (Å²) in [6, 6.07) is 2.19. The van der Waals surface area contributed by atoms with Gasteiger partial charge in [0.2, 0.25) is 0 Å². The van der Waals surface area contributed by atoms with Gasteiger partial charge in [0.15, 0.2) is 11.6 Å². The summed E-state index contributed by atoms with van der Waals surface area (Å²) in [7, 11) is 0. The summed E-state index contributed by atoms with van der Waals surface area (Å²) in [5.41, 5.74) is -0.183. The zero-order valence-electron chi connectivity index (χ0n) is 9.71. The van der Waals surface area contributed by atoms with E-state index in [0.717, 1.165) is 6.07 Å². The van der Waals surface area contributed by atoms with Gasteiger partial charge in [-0.05, 0) is 19.4 Å². The van der Waals surface area contributed by atoms with Gasteiger partial charge in [-0.2, -0.15) is 0 Å². The highest BCUT2D eigenvalue weighted by molar-refractivity contribution is 5.75. The number of rotatable bonds is 5. The summed E-state index contributed by atoms with van der Waals surface area (Å²) in [6.45, 7) is 3.66. The number of benzene rings is 1. The molecule has 1 rings (SSSR count). The van der Waals surface area contributed by atoms with Crippen LogP contribution in [0.1, 0.15) is 31.9 Å². The van der Waals surface area contributed by atoms with Crippen molar-refractivity contribution in [1.82, 2.24) is 5.32 Å². The Morgan fingerprint density at radius 3 is 2.65 bits per heavy atom. The van der Waals surface area contributed by atoms with Crippen LogP contribution >= 0.6 is 0 Å². The lowest BCUT2D eigenvalue weighted by Gasteiger charge is -2.19. The predicted molar refractivity (Wildman–Crippen MR) is 59.6 cm³/mol. The Bertz CT molecular complexity index is 409. The molecule has 0 spiro atoms. The average Bonchev–Trinajstić information content (AvgIpc) is 2.29. The molecule has 2 atom stereocenters. The first-order valence-corrected chi connectivity index (χ1v) is 5.40. The van der Waals surface area contributed by atoms with E-state index in [2.05, 4.69) is 5.32 Å². The van der Waals surface area contributed by atoms with Crippen molar-refractivity contribution in [2.45, 2.75) is 32.4 Å². The number of carbonyl (C=O) groups is 1. The van der Waals surface area contributed by atoms with Gasteiger partial charge in [0.05, 0.1) is 0 Å². The fourth-order valence-electron chi connectivity index (χ4n) is 1.44. The van der Waals surface area contributed by atoms with Crippen molar-refractivity contribution >= 4 is 5.97 Å². The molecular formula is C12H15F2NO2. The molecule has 17 heavy (non-hydrogen) atoms. The van der Waals surface area contributed by atoms with Gasteiger partial charge < -0.3 is 5.11 Å². The average molecular weight is 243 g/mol. The normalized spacial score (nSPS) is 14.4. The molecule has 0 aliphatic heterocycles. The van der Waals surface area contributed by atoms with Gasteiger partial charge in [0.25, 0.3) is 0 Å². The Morgan fingerprint density at radius 2 is 2.12 bits per heavy atom. The van der Waals surface area contributed by atoms with Crippen LogP contribution in [0, 0.1) is 11.6 Å². The van der Waals surface area contributed by atoms with Crippen molar-refractivity contribution in [3.05, 3.63) is 35.4 Å². The molecule has 0 amide bonds.